The van der Waals surface area contributed by atoms with Crippen molar-refractivity contribution < 1.29 is 23.4 Å². The molecule has 0 aliphatic rings. The van der Waals surface area contributed by atoms with Crippen LogP contribution in [-0.2, 0) is 11.2 Å². The molecular weight excluding hydrogens is 230 g/mol. The monoisotopic (exact) mass is 236 g/mol. The Morgan fingerprint density at radius 1 is 1.53 bits per heavy atom. The van der Waals surface area contributed by atoms with E-state index in [0.717, 1.165) is 0 Å². The average molecular weight is 237 g/mol. The molecule has 0 unspecified atom stereocenters. The Morgan fingerprint density at radius 2 is 2.20 bits per heavy atom. The maximum atomic E-state index is 12.0. The van der Waals surface area contributed by atoms with Crippen molar-refractivity contribution in [2.24, 2.45) is 0 Å². The number of aliphatic carboxylic acids is 1. The molecule has 0 radical (unpaired) electrons. The van der Waals surface area contributed by atoms with Crippen molar-refractivity contribution >= 4 is 17.6 Å². The predicted molar refractivity (Wildman–Crippen MR) is 49.4 cm³/mol. The van der Waals surface area contributed by atoms with Crippen molar-refractivity contribution in [1.29, 1.82) is 0 Å². The molecule has 0 saturated heterocycles. The van der Waals surface area contributed by atoms with Crippen molar-refractivity contribution in [3.05, 3.63) is 28.8 Å². The van der Waals surface area contributed by atoms with Crippen molar-refractivity contribution in [3.8, 4) is 5.75 Å². The maximum Gasteiger partial charge on any atom is 0.387 e. The van der Waals surface area contributed by atoms with Crippen molar-refractivity contribution in [1.82, 2.24) is 0 Å². The summed E-state index contributed by atoms with van der Waals surface area (Å²) in [5.41, 5.74) is 0.121. The number of para-hydroxylation sites is 1. The topological polar surface area (TPSA) is 46.5 Å². The van der Waals surface area contributed by atoms with Gasteiger partial charge in [-0.25, -0.2) is 0 Å². The van der Waals surface area contributed by atoms with Gasteiger partial charge < -0.3 is 9.84 Å². The lowest BCUT2D eigenvalue weighted by molar-refractivity contribution is -0.136. The lowest BCUT2D eigenvalue weighted by atomic mass is 10.1. The standard InChI is InChI=1S/C9H7ClF2O3/c10-6-3-1-2-5(4-7(13)14)8(6)15-9(11)12/h1-3,9H,4H2,(H,13,14). The fourth-order valence-corrected chi connectivity index (χ4v) is 1.32. The summed E-state index contributed by atoms with van der Waals surface area (Å²) in [6.45, 7) is -3.03. The number of carboxylic acids is 1. The first-order valence-corrected chi connectivity index (χ1v) is 4.32. The maximum absolute atomic E-state index is 12.0. The first kappa shape index (κ1) is 11.7. The van der Waals surface area contributed by atoms with Gasteiger partial charge in [-0.05, 0) is 6.07 Å². The molecule has 0 aromatic heterocycles. The summed E-state index contributed by atoms with van der Waals surface area (Å²) < 4.78 is 28.1. The molecule has 3 nitrogen and oxygen atoms in total. The third-order valence-electron chi connectivity index (χ3n) is 1.60. The van der Waals surface area contributed by atoms with Gasteiger partial charge in [-0.3, -0.25) is 4.79 Å². The lowest BCUT2D eigenvalue weighted by Gasteiger charge is -2.10. The van der Waals surface area contributed by atoms with Crippen LogP contribution in [0.2, 0.25) is 5.02 Å². The highest BCUT2D eigenvalue weighted by Gasteiger charge is 2.15. The molecule has 0 atom stereocenters. The molecule has 0 heterocycles. The van der Waals surface area contributed by atoms with Crippen LogP contribution in [-0.4, -0.2) is 17.7 Å². The fourth-order valence-electron chi connectivity index (χ4n) is 1.08. The van der Waals surface area contributed by atoms with Gasteiger partial charge >= 0.3 is 12.6 Å². The van der Waals surface area contributed by atoms with E-state index in [1.165, 1.54) is 18.2 Å². The van der Waals surface area contributed by atoms with Gasteiger partial charge in [0.2, 0.25) is 0 Å². The van der Waals surface area contributed by atoms with Gasteiger partial charge in [-0.2, -0.15) is 8.78 Å². The summed E-state index contributed by atoms with van der Waals surface area (Å²) in [4.78, 5) is 10.4. The molecular formula is C9H7ClF2O3. The van der Waals surface area contributed by atoms with Gasteiger partial charge in [0.25, 0.3) is 0 Å². The van der Waals surface area contributed by atoms with E-state index in [9.17, 15) is 13.6 Å². The number of carboxylic acid groups (broad SMARTS) is 1. The van der Waals surface area contributed by atoms with Gasteiger partial charge in [-0.15, -0.1) is 0 Å². The zero-order valence-corrected chi connectivity index (χ0v) is 8.17. The minimum Gasteiger partial charge on any atom is -0.481 e. The quantitative estimate of drug-likeness (QED) is 0.874. The number of halogens is 3. The Kier molecular flexibility index (Phi) is 3.85. The van der Waals surface area contributed by atoms with Gasteiger partial charge in [0.15, 0.2) is 0 Å². The predicted octanol–water partition coefficient (Wildman–Crippen LogP) is 2.57. The summed E-state index contributed by atoms with van der Waals surface area (Å²) in [6.07, 6.45) is -0.414. The number of hydrogen-bond acceptors (Lipinski definition) is 2. The summed E-state index contributed by atoms with van der Waals surface area (Å²) in [5, 5.41) is 8.50. The van der Waals surface area contributed by atoms with E-state index in [4.69, 9.17) is 16.7 Å². The molecule has 0 fully saturated rings. The first-order chi connectivity index (χ1) is 7.00. The number of rotatable bonds is 4. The van der Waals surface area contributed by atoms with Crippen LogP contribution in [0.5, 0.6) is 5.75 Å². The molecule has 0 spiro atoms. The van der Waals surface area contributed by atoms with Crippen LogP contribution < -0.4 is 4.74 Å². The van der Waals surface area contributed by atoms with Crippen molar-refractivity contribution in [2.75, 3.05) is 0 Å². The van der Waals surface area contributed by atoms with E-state index in [2.05, 4.69) is 4.74 Å². The highest BCUT2D eigenvalue weighted by atomic mass is 35.5. The summed E-state index contributed by atoms with van der Waals surface area (Å²) in [5.74, 6) is -1.42. The van der Waals surface area contributed by atoms with E-state index in [-0.39, 0.29) is 16.3 Å². The highest BCUT2D eigenvalue weighted by molar-refractivity contribution is 6.32. The molecule has 82 valence electrons. The summed E-state index contributed by atoms with van der Waals surface area (Å²) >= 11 is 5.61. The first-order valence-electron chi connectivity index (χ1n) is 3.94. The van der Waals surface area contributed by atoms with E-state index >= 15 is 0 Å². The normalized spacial score (nSPS) is 10.4. The van der Waals surface area contributed by atoms with Crippen LogP contribution >= 0.6 is 11.6 Å². The van der Waals surface area contributed by atoms with Crippen LogP contribution in [0.15, 0.2) is 18.2 Å². The average Bonchev–Trinajstić information content (AvgIpc) is 2.09. The molecule has 15 heavy (non-hydrogen) atoms. The van der Waals surface area contributed by atoms with Crippen molar-refractivity contribution in [2.45, 2.75) is 13.0 Å². The van der Waals surface area contributed by atoms with Gasteiger partial charge in [0, 0.05) is 5.56 Å². The number of hydrogen-bond donors (Lipinski definition) is 1. The number of alkyl halides is 2. The SMILES string of the molecule is O=C(O)Cc1cccc(Cl)c1OC(F)F. The minimum absolute atomic E-state index is 0.0333. The summed E-state index contributed by atoms with van der Waals surface area (Å²) in [6, 6.07) is 4.20. The van der Waals surface area contributed by atoms with E-state index in [1.807, 2.05) is 0 Å². The molecule has 1 N–H and O–H groups in total. The third-order valence-corrected chi connectivity index (χ3v) is 1.89. The minimum atomic E-state index is -3.03. The van der Waals surface area contributed by atoms with Crippen LogP contribution in [0.4, 0.5) is 8.78 Å². The Labute approximate surface area is 89.2 Å². The summed E-state index contributed by atoms with van der Waals surface area (Å²) in [7, 11) is 0. The molecule has 1 rings (SSSR count). The molecule has 0 aliphatic carbocycles. The number of carbonyl (C=O) groups is 1. The third kappa shape index (κ3) is 3.36. The second-order valence-corrected chi connectivity index (χ2v) is 3.08. The second kappa shape index (κ2) is 4.93. The molecule has 1 aromatic carbocycles. The second-order valence-electron chi connectivity index (χ2n) is 2.68. The Balaban J connectivity index is 3.02. The Bertz CT molecular complexity index is 368. The van der Waals surface area contributed by atoms with E-state index in [0.29, 0.717) is 0 Å². The molecule has 0 amide bonds. The lowest BCUT2D eigenvalue weighted by Crippen LogP contribution is -2.08. The largest absolute Gasteiger partial charge is 0.481 e. The zero-order valence-electron chi connectivity index (χ0n) is 7.41. The molecule has 6 heteroatoms. The van der Waals surface area contributed by atoms with Crippen LogP contribution in [0.3, 0.4) is 0 Å². The number of benzene rings is 1. The van der Waals surface area contributed by atoms with E-state index < -0.39 is 19.0 Å². The fraction of sp³-hybridized carbons (Fsp3) is 0.222. The molecule has 0 saturated carbocycles. The van der Waals surface area contributed by atoms with E-state index in [1.54, 1.807) is 0 Å². The van der Waals surface area contributed by atoms with Gasteiger partial charge in [0.1, 0.15) is 5.75 Å². The number of ether oxygens (including phenoxy) is 1. The smallest absolute Gasteiger partial charge is 0.387 e. The van der Waals surface area contributed by atoms with Crippen LogP contribution in [0, 0.1) is 0 Å². The molecule has 0 aliphatic heterocycles. The van der Waals surface area contributed by atoms with Crippen LogP contribution in [0.25, 0.3) is 0 Å². The van der Waals surface area contributed by atoms with Crippen molar-refractivity contribution in [3.63, 3.8) is 0 Å². The molecule has 1 aromatic rings. The van der Waals surface area contributed by atoms with Crippen LogP contribution in [0.1, 0.15) is 5.56 Å². The Morgan fingerprint density at radius 3 is 2.73 bits per heavy atom. The molecule has 0 bridgehead atoms. The van der Waals surface area contributed by atoms with Gasteiger partial charge in [-0.1, -0.05) is 23.7 Å². The van der Waals surface area contributed by atoms with Gasteiger partial charge in [0.05, 0.1) is 11.4 Å². The zero-order chi connectivity index (χ0) is 11.4. The highest BCUT2D eigenvalue weighted by Crippen LogP contribution is 2.30. The Hall–Kier alpha value is -1.36.